The Labute approximate surface area is 84.4 Å². The number of nitriles is 1. The van der Waals surface area contributed by atoms with E-state index in [-0.39, 0.29) is 12.2 Å². The van der Waals surface area contributed by atoms with E-state index in [1.54, 1.807) is 12.1 Å². The van der Waals surface area contributed by atoms with E-state index in [0.29, 0.717) is 11.1 Å². The summed E-state index contributed by atoms with van der Waals surface area (Å²) in [6.07, 6.45) is 0.241. The number of hydrogen-bond acceptors (Lipinski definition) is 3. The summed E-state index contributed by atoms with van der Waals surface area (Å²) in [5, 5.41) is 8.99. The van der Waals surface area contributed by atoms with Crippen LogP contribution in [0, 0.1) is 17.1 Å². The molecule has 2 N–H and O–H groups in total. The molecular weight excluding hydrogens is 199 g/mol. The second-order valence-electron chi connectivity index (χ2n) is 2.89. The van der Waals surface area contributed by atoms with Gasteiger partial charge in [-0.2, -0.15) is 5.26 Å². The molecule has 0 spiro atoms. The van der Waals surface area contributed by atoms with Gasteiger partial charge in [0.05, 0.1) is 23.6 Å². The van der Waals surface area contributed by atoms with Crippen LogP contribution >= 0.6 is 11.3 Å². The van der Waals surface area contributed by atoms with Crippen molar-refractivity contribution in [1.29, 1.82) is 5.26 Å². The molecule has 4 heteroatoms. The molecule has 0 unspecified atom stereocenters. The van der Waals surface area contributed by atoms with Gasteiger partial charge in [-0.25, -0.2) is 4.39 Å². The zero-order valence-corrected chi connectivity index (χ0v) is 8.07. The van der Waals surface area contributed by atoms with Gasteiger partial charge in [-0.05, 0) is 12.1 Å². The molecule has 70 valence electrons. The lowest BCUT2D eigenvalue weighted by atomic mass is 10.2. The second-order valence-corrected chi connectivity index (χ2v) is 4.02. The molecular formula is C10H7FN2S. The normalized spacial score (nSPS) is 10.3. The van der Waals surface area contributed by atoms with Crippen molar-refractivity contribution < 1.29 is 4.39 Å². The number of hydrogen-bond donors (Lipinski definition) is 1. The molecule has 14 heavy (non-hydrogen) atoms. The molecule has 0 bridgehead atoms. The van der Waals surface area contributed by atoms with Gasteiger partial charge in [0.25, 0.3) is 0 Å². The van der Waals surface area contributed by atoms with Gasteiger partial charge in [-0.1, -0.05) is 6.07 Å². The number of nitrogens with zero attached hydrogens (tertiary/aromatic N) is 1. The van der Waals surface area contributed by atoms with Crippen LogP contribution in [0.1, 0.15) is 4.88 Å². The Bertz CT molecular complexity index is 525. The minimum absolute atomic E-state index is 0.241. The lowest BCUT2D eigenvalue weighted by Gasteiger charge is -1.93. The molecule has 0 atom stereocenters. The van der Waals surface area contributed by atoms with Crippen LogP contribution in [-0.2, 0) is 6.42 Å². The summed E-state index contributed by atoms with van der Waals surface area (Å²) >= 11 is 1.38. The molecule has 2 nitrogen and oxygen atoms in total. The lowest BCUT2D eigenvalue weighted by molar-refractivity contribution is 0.640. The molecule has 2 aromatic rings. The first-order chi connectivity index (χ1) is 6.74. The topological polar surface area (TPSA) is 49.8 Å². The minimum Gasteiger partial charge on any atom is -0.397 e. The predicted molar refractivity (Wildman–Crippen MR) is 55.5 cm³/mol. The number of fused-ring (bicyclic) bond motifs is 1. The molecule has 0 radical (unpaired) electrons. The van der Waals surface area contributed by atoms with Gasteiger partial charge in [0.15, 0.2) is 0 Å². The van der Waals surface area contributed by atoms with Gasteiger partial charge in [0.1, 0.15) is 5.82 Å². The summed E-state index contributed by atoms with van der Waals surface area (Å²) in [4.78, 5) is 0.743. The Morgan fingerprint density at radius 2 is 2.29 bits per heavy atom. The van der Waals surface area contributed by atoms with Gasteiger partial charge in [0.2, 0.25) is 0 Å². The van der Waals surface area contributed by atoms with Crippen LogP contribution in [0.5, 0.6) is 0 Å². The van der Waals surface area contributed by atoms with E-state index in [9.17, 15) is 4.39 Å². The van der Waals surface area contributed by atoms with Crippen molar-refractivity contribution in [3.63, 3.8) is 0 Å². The Morgan fingerprint density at radius 1 is 1.50 bits per heavy atom. The highest BCUT2D eigenvalue weighted by Gasteiger charge is 2.11. The summed E-state index contributed by atoms with van der Waals surface area (Å²) in [5.41, 5.74) is 6.15. The highest BCUT2D eigenvalue weighted by molar-refractivity contribution is 7.19. The summed E-state index contributed by atoms with van der Waals surface area (Å²) in [7, 11) is 0. The quantitative estimate of drug-likeness (QED) is 0.779. The largest absolute Gasteiger partial charge is 0.397 e. The van der Waals surface area contributed by atoms with Crippen molar-refractivity contribution in [1.82, 2.24) is 0 Å². The fraction of sp³-hybridized carbons (Fsp3) is 0.100. The number of nitrogen functional groups attached to an aromatic ring is 1. The highest BCUT2D eigenvalue weighted by atomic mass is 32.1. The fourth-order valence-electron chi connectivity index (χ4n) is 1.38. The molecule has 0 aliphatic rings. The van der Waals surface area contributed by atoms with Crippen LogP contribution in [-0.4, -0.2) is 0 Å². The van der Waals surface area contributed by atoms with Crippen molar-refractivity contribution >= 4 is 27.1 Å². The molecule has 0 saturated heterocycles. The van der Waals surface area contributed by atoms with Crippen LogP contribution in [0.25, 0.3) is 10.1 Å². The van der Waals surface area contributed by atoms with Crippen molar-refractivity contribution in [3.8, 4) is 6.07 Å². The van der Waals surface area contributed by atoms with Gasteiger partial charge in [-0.3, -0.25) is 0 Å². The van der Waals surface area contributed by atoms with E-state index >= 15 is 0 Å². The lowest BCUT2D eigenvalue weighted by Crippen LogP contribution is -1.89. The molecule has 0 fully saturated rings. The number of nitrogens with two attached hydrogens (primary N) is 1. The number of rotatable bonds is 1. The van der Waals surface area contributed by atoms with E-state index in [0.717, 1.165) is 9.58 Å². The van der Waals surface area contributed by atoms with Crippen molar-refractivity contribution in [2.75, 3.05) is 5.73 Å². The molecule has 1 aromatic carbocycles. The molecule has 1 heterocycles. The van der Waals surface area contributed by atoms with Crippen molar-refractivity contribution in [2.45, 2.75) is 6.42 Å². The summed E-state index contributed by atoms with van der Waals surface area (Å²) in [6.45, 7) is 0. The third kappa shape index (κ3) is 1.22. The maximum atomic E-state index is 13.3. The van der Waals surface area contributed by atoms with E-state index in [1.807, 2.05) is 6.07 Å². The Hall–Kier alpha value is -1.60. The van der Waals surface area contributed by atoms with Crippen molar-refractivity contribution in [2.24, 2.45) is 0 Å². The first-order valence-corrected chi connectivity index (χ1v) is 4.88. The van der Waals surface area contributed by atoms with E-state index in [4.69, 9.17) is 11.0 Å². The number of halogens is 1. The third-order valence-electron chi connectivity index (χ3n) is 2.02. The zero-order valence-electron chi connectivity index (χ0n) is 7.25. The van der Waals surface area contributed by atoms with Gasteiger partial charge < -0.3 is 5.73 Å². The monoisotopic (exact) mass is 206 g/mol. The highest BCUT2D eigenvalue weighted by Crippen LogP contribution is 2.35. The van der Waals surface area contributed by atoms with Crippen LogP contribution in [0.2, 0.25) is 0 Å². The number of thiophene rings is 1. The Balaban J connectivity index is 2.75. The smallest absolute Gasteiger partial charge is 0.133 e. The molecule has 1 aromatic heterocycles. The summed E-state index contributed by atoms with van der Waals surface area (Å²) in [6, 6.07) is 6.84. The third-order valence-corrected chi connectivity index (χ3v) is 3.19. The average molecular weight is 206 g/mol. The predicted octanol–water partition coefficient (Wildman–Crippen LogP) is 2.69. The molecule has 0 saturated carbocycles. The Kier molecular flexibility index (Phi) is 2.10. The Morgan fingerprint density at radius 3 is 2.93 bits per heavy atom. The second kappa shape index (κ2) is 3.28. The van der Waals surface area contributed by atoms with E-state index < -0.39 is 0 Å². The average Bonchev–Trinajstić information content (AvgIpc) is 2.46. The summed E-state index contributed by atoms with van der Waals surface area (Å²) < 4.78 is 14.1. The zero-order chi connectivity index (χ0) is 10.1. The SMILES string of the molecule is N#CCc1sc2cccc(F)c2c1N. The maximum Gasteiger partial charge on any atom is 0.133 e. The standard InChI is InChI=1S/C10H7FN2S/c11-6-2-1-3-7-9(6)10(13)8(14-7)4-5-12/h1-3H,4,13H2. The van der Waals surface area contributed by atoms with Crippen molar-refractivity contribution in [3.05, 3.63) is 28.9 Å². The maximum absolute atomic E-state index is 13.3. The van der Waals surface area contributed by atoms with E-state index in [1.165, 1.54) is 17.4 Å². The van der Waals surface area contributed by atoms with Crippen LogP contribution < -0.4 is 5.73 Å². The van der Waals surface area contributed by atoms with Gasteiger partial charge in [-0.15, -0.1) is 11.3 Å². The number of anilines is 1. The van der Waals surface area contributed by atoms with Gasteiger partial charge in [0, 0.05) is 9.58 Å². The van der Waals surface area contributed by atoms with Gasteiger partial charge >= 0.3 is 0 Å². The molecule has 0 aliphatic carbocycles. The first-order valence-electron chi connectivity index (χ1n) is 4.06. The fourth-order valence-corrected chi connectivity index (χ4v) is 2.45. The van der Waals surface area contributed by atoms with E-state index in [2.05, 4.69) is 0 Å². The molecule has 0 amide bonds. The number of benzene rings is 1. The van der Waals surface area contributed by atoms with Crippen LogP contribution in [0.3, 0.4) is 0 Å². The van der Waals surface area contributed by atoms with Crippen LogP contribution in [0.15, 0.2) is 18.2 Å². The minimum atomic E-state index is -0.319. The van der Waals surface area contributed by atoms with Crippen LogP contribution in [0.4, 0.5) is 10.1 Å². The first kappa shape index (κ1) is 8.97. The summed E-state index contributed by atoms with van der Waals surface area (Å²) in [5.74, 6) is -0.319. The molecule has 2 rings (SSSR count). The molecule has 0 aliphatic heterocycles.